The molecule has 0 heterocycles. The maximum atomic E-state index is 11.2. The SMILES string of the molecule is O=Cc1ccc(C2=C(C3=CCCC=C3)CCc3cc(OCc4ccccc4)ccc32)cc1. The molecular formula is C30H26O2. The van der Waals surface area contributed by atoms with Crippen molar-refractivity contribution < 1.29 is 9.53 Å². The number of fused-ring (bicyclic) bond motifs is 1. The monoisotopic (exact) mass is 418 g/mol. The third kappa shape index (κ3) is 4.22. The van der Waals surface area contributed by atoms with Gasteiger partial charge in [0.05, 0.1) is 0 Å². The Hall–Kier alpha value is -3.65. The number of benzene rings is 3. The van der Waals surface area contributed by atoms with E-state index in [0.717, 1.165) is 43.3 Å². The summed E-state index contributed by atoms with van der Waals surface area (Å²) >= 11 is 0. The highest BCUT2D eigenvalue weighted by Gasteiger charge is 2.23. The highest BCUT2D eigenvalue weighted by atomic mass is 16.5. The van der Waals surface area contributed by atoms with Crippen molar-refractivity contribution in [2.75, 3.05) is 0 Å². The van der Waals surface area contributed by atoms with Crippen molar-refractivity contribution >= 4 is 11.9 Å². The van der Waals surface area contributed by atoms with Gasteiger partial charge in [0.15, 0.2) is 0 Å². The van der Waals surface area contributed by atoms with Crippen LogP contribution < -0.4 is 4.74 Å². The maximum absolute atomic E-state index is 11.2. The Balaban J connectivity index is 1.52. The van der Waals surface area contributed by atoms with Gasteiger partial charge in [-0.2, -0.15) is 0 Å². The van der Waals surface area contributed by atoms with Crippen LogP contribution in [0, 0.1) is 0 Å². The Morgan fingerprint density at radius 2 is 1.72 bits per heavy atom. The predicted molar refractivity (Wildman–Crippen MR) is 130 cm³/mol. The van der Waals surface area contributed by atoms with Crippen LogP contribution in [-0.4, -0.2) is 6.29 Å². The van der Waals surface area contributed by atoms with Crippen LogP contribution in [0.15, 0.2) is 102 Å². The molecule has 0 radical (unpaired) electrons. The van der Waals surface area contributed by atoms with Crippen molar-refractivity contribution in [2.45, 2.75) is 32.3 Å². The van der Waals surface area contributed by atoms with Crippen LogP contribution in [-0.2, 0) is 13.0 Å². The maximum Gasteiger partial charge on any atom is 0.150 e. The number of hydrogen-bond acceptors (Lipinski definition) is 2. The number of allylic oxidation sites excluding steroid dienone is 5. The van der Waals surface area contributed by atoms with Crippen LogP contribution in [0.3, 0.4) is 0 Å². The topological polar surface area (TPSA) is 26.3 Å². The average Bonchev–Trinajstić information content (AvgIpc) is 2.88. The van der Waals surface area contributed by atoms with Gasteiger partial charge in [-0.3, -0.25) is 4.79 Å². The van der Waals surface area contributed by atoms with Crippen LogP contribution in [0.4, 0.5) is 0 Å². The van der Waals surface area contributed by atoms with Crippen molar-refractivity contribution in [3.63, 3.8) is 0 Å². The molecule has 0 saturated carbocycles. The lowest BCUT2D eigenvalue weighted by atomic mass is 9.78. The summed E-state index contributed by atoms with van der Waals surface area (Å²) in [6.45, 7) is 0.568. The predicted octanol–water partition coefficient (Wildman–Crippen LogP) is 7.10. The molecule has 0 aliphatic heterocycles. The molecule has 3 aromatic carbocycles. The molecule has 0 amide bonds. The zero-order valence-corrected chi connectivity index (χ0v) is 18.1. The fraction of sp³-hybridized carbons (Fsp3) is 0.167. The molecule has 2 aliphatic rings. The second-order valence-electron chi connectivity index (χ2n) is 8.33. The number of ether oxygens (including phenoxy) is 1. The van der Waals surface area contributed by atoms with Crippen LogP contribution >= 0.6 is 0 Å². The minimum absolute atomic E-state index is 0.568. The standard InChI is InChI=1S/C30H26O2/c31-20-22-11-13-25(14-12-22)30-28(24-9-5-2-6-10-24)17-15-26-19-27(16-18-29(26)30)32-21-23-7-3-1-4-8-23/h1,3-5,7-14,16,18-20H,2,6,15,17,21H2. The first-order valence-electron chi connectivity index (χ1n) is 11.3. The fourth-order valence-electron chi connectivity index (χ4n) is 4.58. The number of rotatable bonds is 6. The third-order valence-electron chi connectivity index (χ3n) is 6.22. The normalized spacial score (nSPS) is 15.2. The zero-order chi connectivity index (χ0) is 21.8. The van der Waals surface area contributed by atoms with Gasteiger partial charge < -0.3 is 4.74 Å². The van der Waals surface area contributed by atoms with Crippen LogP contribution in [0.5, 0.6) is 5.75 Å². The summed E-state index contributed by atoms with van der Waals surface area (Å²) in [5.74, 6) is 0.906. The summed E-state index contributed by atoms with van der Waals surface area (Å²) < 4.78 is 6.10. The summed E-state index contributed by atoms with van der Waals surface area (Å²) in [4.78, 5) is 11.2. The summed E-state index contributed by atoms with van der Waals surface area (Å²) in [7, 11) is 0. The molecule has 2 aliphatic carbocycles. The number of aryl methyl sites for hydroxylation is 1. The molecule has 5 rings (SSSR count). The van der Waals surface area contributed by atoms with E-state index in [1.165, 1.54) is 33.4 Å². The smallest absolute Gasteiger partial charge is 0.150 e. The van der Waals surface area contributed by atoms with Gasteiger partial charge in [0.25, 0.3) is 0 Å². The van der Waals surface area contributed by atoms with Gasteiger partial charge in [-0.1, -0.05) is 78.9 Å². The largest absolute Gasteiger partial charge is 0.489 e. The van der Waals surface area contributed by atoms with E-state index in [9.17, 15) is 4.79 Å². The summed E-state index contributed by atoms with van der Waals surface area (Å²) in [5, 5.41) is 0. The van der Waals surface area contributed by atoms with Gasteiger partial charge in [0.2, 0.25) is 0 Å². The zero-order valence-electron chi connectivity index (χ0n) is 18.1. The first-order valence-corrected chi connectivity index (χ1v) is 11.3. The second-order valence-corrected chi connectivity index (χ2v) is 8.33. The van der Waals surface area contributed by atoms with Gasteiger partial charge in [-0.25, -0.2) is 0 Å². The van der Waals surface area contributed by atoms with Crippen LogP contribution in [0.25, 0.3) is 5.57 Å². The molecule has 32 heavy (non-hydrogen) atoms. The Morgan fingerprint density at radius 3 is 2.47 bits per heavy atom. The van der Waals surface area contributed by atoms with E-state index < -0.39 is 0 Å². The quantitative estimate of drug-likeness (QED) is 0.399. The lowest BCUT2D eigenvalue weighted by molar-refractivity contribution is 0.112. The Labute approximate surface area is 189 Å². The Morgan fingerprint density at radius 1 is 0.875 bits per heavy atom. The fourth-order valence-corrected chi connectivity index (χ4v) is 4.58. The lowest BCUT2D eigenvalue weighted by Crippen LogP contribution is -2.09. The highest BCUT2D eigenvalue weighted by molar-refractivity contribution is 5.89. The molecule has 0 fully saturated rings. The second kappa shape index (κ2) is 9.23. The molecule has 0 unspecified atom stereocenters. The van der Waals surface area contributed by atoms with Gasteiger partial charge >= 0.3 is 0 Å². The first kappa shape index (κ1) is 20.3. The molecule has 0 spiro atoms. The Kier molecular flexibility index (Phi) is 5.85. The van der Waals surface area contributed by atoms with E-state index in [-0.39, 0.29) is 0 Å². The molecule has 0 saturated heterocycles. The lowest BCUT2D eigenvalue weighted by Gasteiger charge is -2.26. The molecule has 0 aromatic heterocycles. The van der Waals surface area contributed by atoms with E-state index in [4.69, 9.17) is 4.74 Å². The van der Waals surface area contributed by atoms with E-state index in [0.29, 0.717) is 12.2 Å². The molecule has 0 N–H and O–H groups in total. The van der Waals surface area contributed by atoms with E-state index in [2.05, 4.69) is 60.7 Å². The van der Waals surface area contributed by atoms with E-state index in [1.54, 1.807) is 0 Å². The van der Waals surface area contributed by atoms with Crippen LogP contribution in [0.2, 0.25) is 0 Å². The molecule has 158 valence electrons. The minimum Gasteiger partial charge on any atom is -0.489 e. The molecule has 0 atom stereocenters. The van der Waals surface area contributed by atoms with Crippen molar-refractivity contribution in [2.24, 2.45) is 0 Å². The van der Waals surface area contributed by atoms with Gasteiger partial charge in [-0.15, -0.1) is 0 Å². The first-order chi connectivity index (χ1) is 15.8. The molecule has 2 nitrogen and oxygen atoms in total. The minimum atomic E-state index is 0.568. The number of carbonyl (C=O) groups excluding carboxylic acids is 1. The van der Waals surface area contributed by atoms with E-state index >= 15 is 0 Å². The van der Waals surface area contributed by atoms with Crippen LogP contribution in [0.1, 0.15) is 51.9 Å². The molecular weight excluding hydrogens is 392 g/mol. The van der Waals surface area contributed by atoms with Gasteiger partial charge in [0, 0.05) is 5.56 Å². The third-order valence-corrected chi connectivity index (χ3v) is 6.22. The van der Waals surface area contributed by atoms with Gasteiger partial charge in [0.1, 0.15) is 18.6 Å². The number of carbonyl (C=O) groups is 1. The highest BCUT2D eigenvalue weighted by Crippen LogP contribution is 2.41. The van der Waals surface area contributed by atoms with Crippen molar-refractivity contribution in [1.29, 1.82) is 0 Å². The van der Waals surface area contributed by atoms with E-state index in [1.807, 2.05) is 30.3 Å². The van der Waals surface area contributed by atoms with Crippen molar-refractivity contribution in [3.05, 3.63) is 130 Å². The summed E-state index contributed by atoms with van der Waals surface area (Å²) in [5.41, 5.74) is 9.60. The Bertz CT molecular complexity index is 1210. The molecule has 2 heteroatoms. The molecule has 0 bridgehead atoms. The van der Waals surface area contributed by atoms with Gasteiger partial charge in [-0.05, 0) is 76.8 Å². The summed E-state index contributed by atoms with van der Waals surface area (Å²) in [6.07, 6.45) is 12.0. The summed E-state index contributed by atoms with van der Waals surface area (Å²) in [6, 6.07) is 24.7. The van der Waals surface area contributed by atoms with Crippen molar-refractivity contribution in [1.82, 2.24) is 0 Å². The number of aldehydes is 1. The molecule has 3 aromatic rings. The average molecular weight is 419 g/mol. The number of hydrogen-bond donors (Lipinski definition) is 0. The van der Waals surface area contributed by atoms with Crippen molar-refractivity contribution in [3.8, 4) is 5.75 Å².